The first-order valence-corrected chi connectivity index (χ1v) is 10.8. The second-order valence-electron chi connectivity index (χ2n) is 7.79. The smallest absolute Gasteiger partial charge is 0.240 e. The van der Waals surface area contributed by atoms with E-state index in [2.05, 4.69) is 47.8 Å². The summed E-state index contributed by atoms with van der Waals surface area (Å²) < 4.78 is 5.70. The number of amides is 1. The number of hydrogen-bond donors (Lipinski definition) is 2. The molecule has 3 N–H and O–H groups in total. The van der Waals surface area contributed by atoms with E-state index in [1.807, 2.05) is 32.5 Å². The van der Waals surface area contributed by atoms with Crippen molar-refractivity contribution < 1.29 is 9.53 Å². The number of thioether (sulfide) groups is 1. The average molecular weight is 423 g/mol. The quantitative estimate of drug-likeness (QED) is 0.627. The minimum Gasteiger partial charge on any atom is -0.378 e. The van der Waals surface area contributed by atoms with Crippen molar-refractivity contribution in [3.8, 4) is 0 Å². The number of carbonyl (C=O) groups excluding carboxylic acids is 1. The summed E-state index contributed by atoms with van der Waals surface area (Å²) in [5, 5.41) is 5.60. The fourth-order valence-electron chi connectivity index (χ4n) is 3.82. The number of carbonyl (C=O) groups is 1. The summed E-state index contributed by atoms with van der Waals surface area (Å²) in [6.07, 6.45) is 0.641. The van der Waals surface area contributed by atoms with Crippen LogP contribution in [0.3, 0.4) is 0 Å². The summed E-state index contributed by atoms with van der Waals surface area (Å²) in [5.74, 6) is 1.73. The van der Waals surface area contributed by atoms with E-state index in [4.69, 9.17) is 10.5 Å². The Balaban J connectivity index is 0.00000280. The Morgan fingerprint density at radius 2 is 1.96 bits per heavy atom. The van der Waals surface area contributed by atoms with Crippen LogP contribution in [0.4, 0.5) is 0 Å². The monoisotopic (exact) mass is 422 g/mol. The van der Waals surface area contributed by atoms with Crippen molar-refractivity contribution in [2.45, 2.75) is 44.6 Å². The molecular weight excluding hydrogens is 392 g/mol. The van der Waals surface area contributed by atoms with Crippen molar-refractivity contribution in [3.05, 3.63) is 48.0 Å². The Hall–Kier alpha value is -1.27. The van der Waals surface area contributed by atoms with Gasteiger partial charge in [0.1, 0.15) is 5.54 Å². The largest absolute Gasteiger partial charge is 0.378 e. The fourth-order valence-corrected chi connectivity index (χ4v) is 4.68. The Kier molecular flexibility index (Phi) is 7.80. The Bertz CT molecular complexity index is 809. The molecule has 2 aromatic carbocycles. The molecule has 0 aliphatic heterocycles. The zero-order chi connectivity index (χ0) is 19.5. The molecule has 28 heavy (non-hydrogen) atoms. The summed E-state index contributed by atoms with van der Waals surface area (Å²) in [6, 6.07) is 14.9. The molecule has 1 amide bonds. The van der Waals surface area contributed by atoms with E-state index in [0.717, 1.165) is 11.5 Å². The van der Waals surface area contributed by atoms with E-state index in [0.29, 0.717) is 19.6 Å². The third kappa shape index (κ3) is 4.33. The van der Waals surface area contributed by atoms with Gasteiger partial charge in [-0.3, -0.25) is 4.79 Å². The van der Waals surface area contributed by atoms with Crippen LogP contribution in [0.5, 0.6) is 0 Å². The van der Waals surface area contributed by atoms with E-state index < -0.39 is 5.54 Å². The number of benzene rings is 2. The number of nitrogens with two attached hydrogens (primary N) is 1. The third-order valence-electron chi connectivity index (χ3n) is 5.90. The lowest BCUT2D eigenvalue weighted by molar-refractivity contribution is -0.170. The zero-order valence-electron chi connectivity index (χ0n) is 16.9. The second kappa shape index (κ2) is 9.49. The van der Waals surface area contributed by atoms with E-state index >= 15 is 0 Å². The lowest BCUT2D eigenvalue weighted by atomic mass is 9.54. The Labute approximate surface area is 178 Å². The van der Waals surface area contributed by atoms with E-state index in [9.17, 15) is 4.79 Å². The average Bonchev–Trinajstić information content (AvgIpc) is 2.67. The van der Waals surface area contributed by atoms with Crippen LogP contribution in [0.2, 0.25) is 0 Å². The number of nitrogens with one attached hydrogen (secondary N) is 1. The first-order valence-electron chi connectivity index (χ1n) is 9.63. The molecule has 2 unspecified atom stereocenters. The van der Waals surface area contributed by atoms with Crippen molar-refractivity contribution in [2.75, 3.05) is 18.9 Å². The van der Waals surface area contributed by atoms with E-state index in [1.165, 1.54) is 16.3 Å². The molecule has 2 atom stereocenters. The van der Waals surface area contributed by atoms with Gasteiger partial charge in [0.05, 0.1) is 6.10 Å². The highest BCUT2D eigenvalue weighted by atomic mass is 35.5. The highest BCUT2D eigenvalue weighted by Crippen LogP contribution is 2.49. The SMILES string of the molecule is CCOC1CC(N)(C(=O)NCCSCc2cccc3ccccc23)C1(C)C.Cl. The van der Waals surface area contributed by atoms with Gasteiger partial charge in [0.25, 0.3) is 0 Å². The second-order valence-corrected chi connectivity index (χ2v) is 8.89. The van der Waals surface area contributed by atoms with Crippen LogP contribution in [0.25, 0.3) is 10.8 Å². The molecule has 0 aromatic heterocycles. The predicted molar refractivity (Wildman–Crippen MR) is 121 cm³/mol. The highest BCUT2D eigenvalue weighted by molar-refractivity contribution is 7.98. The molecule has 2 aromatic rings. The van der Waals surface area contributed by atoms with Crippen LogP contribution in [-0.4, -0.2) is 36.5 Å². The number of ether oxygens (including phenoxy) is 1. The molecule has 0 spiro atoms. The molecule has 1 aliphatic carbocycles. The number of halogens is 1. The minimum atomic E-state index is -0.840. The predicted octanol–water partition coefficient (Wildman–Crippen LogP) is 4.14. The van der Waals surface area contributed by atoms with E-state index in [-0.39, 0.29) is 29.8 Å². The van der Waals surface area contributed by atoms with Gasteiger partial charge < -0.3 is 15.8 Å². The van der Waals surface area contributed by atoms with Crippen LogP contribution < -0.4 is 11.1 Å². The van der Waals surface area contributed by atoms with Crippen molar-refractivity contribution in [1.82, 2.24) is 5.32 Å². The molecule has 1 fully saturated rings. The third-order valence-corrected chi connectivity index (χ3v) is 6.91. The van der Waals surface area contributed by atoms with Crippen molar-refractivity contribution in [3.63, 3.8) is 0 Å². The maximum absolute atomic E-state index is 12.6. The molecule has 3 rings (SSSR count). The summed E-state index contributed by atoms with van der Waals surface area (Å²) in [7, 11) is 0. The van der Waals surface area contributed by atoms with Crippen LogP contribution in [0.1, 0.15) is 32.8 Å². The van der Waals surface area contributed by atoms with Crippen LogP contribution in [-0.2, 0) is 15.3 Å². The van der Waals surface area contributed by atoms with Crippen LogP contribution >= 0.6 is 24.2 Å². The normalized spacial score (nSPS) is 22.9. The summed E-state index contributed by atoms with van der Waals surface area (Å²) in [5.41, 5.74) is 6.56. The van der Waals surface area contributed by atoms with Gasteiger partial charge in [-0.15, -0.1) is 12.4 Å². The Morgan fingerprint density at radius 3 is 2.68 bits per heavy atom. The fraction of sp³-hybridized carbons (Fsp3) is 0.500. The van der Waals surface area contributed by atoms with Crippen LogP contribution in [0, 0.1) is 5.41 Å². The Morgan fingerprint density at radius 1 is 1.25 bits per heavy atom. The van der Waals surface area contributed by atoms with Gasteiger partial charge in [-0.05, 0) is 23.3 Å². The highest BCUT2D eigenvalue weighted by Gasteiger charge is 2.62. The maximum atomic E-state index is 12.6. The van der Waals surface area contributed by atoms with Gasteiger partial charge in [0.2, 0.25) is 5.91 Å². The minimum absolute atomic E-state index is 0. The molecule has 6 heteroatoms. The van der Waals surface area contributed by atoms with Crippen molar-refractivity contribution >= 4 is 40.8 Å². The summed E-state index contributed by atoms with van der Waals surface area (Å²) >= 11 is 1.83. The van der Waals surface area contributed by atoms with E-state index in [1.54, 1.807) is 0 Å². The number of hydrogen-bond acceptors (Lipinski definition) is 4. The van der Waals surface area contributed by atoms with Gasteiger partial charge >= 0.3 is 0 Å². The van der Waals surface area contributed by atoms with Crippen molar-refractivity contribution in [2.24, 2.45) is 11.1 Å². The topological polar surface area (TPSA) is 64.3 Å². The van der Waals surface area contributed by atoms with Crippen molar-refractivity contribution in [1.29, 1.82) is 0 Å². The standard InChI is InChI=1S/C22H30N2O2S.ClH/c1-4-26-19-14-22(23,21(19,2)3)20(25)24-12-13-27-15-17-10-7-9-16-8-5-6-11-18(16)17;/h5-11,19H,4,12-15,23H2,1-3H3,(H,24,25);1H. The molecular formula is C22H31ClN2O2S. The molecule has 0 bridgehead atoms. The lowest BCUT2D eigenvalue weighted by Crippen LogP contribution is -2.75. The molecule has 1 aliphatic rings. The van der Waals surface area contributed by atoms with Gasteiger partial charge in [0, 0.05) is 36.5 Å². The molecule has 154 valence electrons. The molecule has 0 heterocycles. The van der Waals surface area contributed by atoms with Gasteiger partial charge in [0.15, 0.2) is 0 Å². The van der Waals surface area contributed by atoms with Crippen LogP contribution in [0.15, 0.2) is 42.5 Å². The molecule has 0 saturated heterocycles. The molecule has 0 radical (unpaired) electrons. The zero-order valence-corrected chi connectivity index (χ0v) is 18.5. The van der Waals surface area contributed by atoms with Gasteiger partial charge in [-0.1, -0.05) is 56.3 Å². The van der Waals surface area contributed by atoms with Gasteiger partial charge in [-0.25, -0.2) is 0 Å². The lowest BCUT2D eigenvalue weighted by Gasteiger charge is -2.57. The molecule has 1 saturated carbocycles. The summed E-state index contributed by atoms with van der Waals surface area (Å²) in [6.45, 7) is 7.29. The first kappa shape index (κ1) is 23.0. The maximum Gasteiger partial charge on any atom is 0.240 e. The first-order chi connectivity index (χ1) is 12.9. The number of fused-ring (bicyclic) bond motifs is 1. The number of rotatable bonds is 8. The molecule has 4 nitrogen and oxygen atoms in total. The summed E-state index contributed by atoms with van der Waals surface area (Å²) in [4.78, 5) is 12.6. The van der Waals surface area contributed by atoms with Gasteiger partial charge in [-0.2, -0.15) is 11.8 Å².